The number of hydrogen-bond acceptors (Lipinski definition) is 3. The van der Waals surface area contributed by atoms with Crippen molar-refractivity contribution in [3.05, 3.63) is 35.4 Å². The topological polar surface area (TPSA) is 43.9 Å². The molecule has 1 aromatic carbocycles. The predicted molar refractivity (Wildman–Crippen MR) is 97.0 cm³/mol. The third-order valence-corrected chi connectivity index (χ3v) is 7.07. The molecule has 0 amide bonds. The van der Waals surface area contributed by atoms with Crippen molar-refractivity contribution in [2.75, 3.05) is 39.3 Å². The molecule has 5 nitrogen and oxygen atoms in total. The van der Waals surface area contributed by atoms with Crippen LogP contribution in [0.15, 0.2) is 24.3 Å². The van der Waals surface area contributed by atoms with Gasteiger partial charge >= 0.3 is 0 Å². The first-order valence-corrected chi connectivity index (χ1v) is 10.5. The number of nitrogens with zero attached hydrogens (tertiary/aromatic N) is 3. The monoisotopic (exact) mass is 351 g/mol. The molecule has 0 N–H and O–H groups in total. The van der Waals surface area contributed by atoms with Gasteiger partial charge in [-0.2, -0.15) is 17.0 Å². The largest absolute Gasteiger partial charge is 0.296 e. The third-order valence-electron chi connectivity index (χ3n) is 5.04. The van der Waals surface area contributed by atoms with E-state index in [1.54, 1.807) is 8.61 Å². The molecule has 0 atom stereocenters. The van der Waals surface area contributed by atoms with Gasteiger partial charge in [0.05, 0.1) is 0 Å². The van der Waals surface area contributed by atoms with Crippen LogP contribution in [0.5, 0.6) is 0 Å². The highest BCUT2D eigenvalue weighted by Crippen LogP contribution is 2.18. The maximum atomic E-state index is 12.8. The summed E-state index contributed by atoms with van der Waals surface area (Å²) in [5.74, 6) is 0. The Morgan fingerprint density at radius 1 is 0.875 bits per heavy atom. The van der Waals surface area contributed by atoms with Crippen LogP contribution in [0.1, 0.15) is 36.8 Å². The van der Waals surface area contributed by atoms with Gasteiger partial charge in [-0.1, -0.05) is 42.7 Å². The van der Waals surface area contributed by atoms with Crippen molar-refractivity contribution in [2.24, 2.45) is 0 Å². The van der Waals surface area contributed by atoms with Crippen molar-refractivity contribution < 1.29 is 8.42 Å². The number of hydrogen-bond donors (Lipinski definition) is 0. The average Bonchev–Trinajstić information content (AvgIpc) is 2.85. The van der Waals surface area contributed by atoms with E-state index >= 15 is 0 Å². The molecule has 1 aromatic rings. The highest BCUT2D eigenvalue weighted by atomic mass is 32.2. The minimum absolute atomic E-state index is 0.602. The van der Waals surface area contributed by atoms with Crippen molar-refractivity contribution in [1.29, 1.82) is 0 Å². The van der Waals surface area contributed by atoms with E-state index in [1.165, 1.54) is 11.1 Å². The van der Waals surface area contributed by atoms with Gasteiger partial charge in [0.1, 0.15) is 0 Å². The van der Waals surface area contributed by atoms with Gasteiger partial charge in [0.2, 0.25) is 0 Å². The van der Waals surface area contributed by atoms with Crippen LogP contribution in [0.4, 0.5) is 0 Å². The van der Waals surface area contributed by atoms with Crippen molar-refractivity contribution in [3.8, 4) is 0 Å². The molecule has 0 radical (unpaired) electrons. The van der Waals surface area contributed by atoms with E-state index in [2.05, 4.69) is 36.1 Å². The fourth-order valence-electron chi connectivity index (χ4n) is 3.62. The Kier molecular flexibility index (Phi) is 5.92. The average molecular weight is 352 g/mol. The minimum Gasteiger partial charge on any atom is -0.296 e. The van der Waals surface area contributed by atoms with Crippen molar-refractivity contribution in [2.45, 2.75) is 39.2 Å². The molecule has 6 heteroatoms. The Balaban J connectivity index is 1.56. The number of rotatable bonds is 4. The molecule has 134 valence electrons. The Hall–Kier alpha value is -0.950. The Morgan fingerprint density at radius 2 is 1.50 bits per heavy atom. The molecular weight excluding hydrogens is 322 g/mol. The van der Waals surface area contributed by atoms with Gasteiger partial charge in [0.25, 0.3) is 10.2 Å². The Labute approximate surface area is 146 Å². The second-order valence-corrected chi connectivity index (χ2v) is 8.91. The number of piperazine rings is 1. The molecule has 2 aliphatic heterocycles. The zero-order chi connectivity index (χ0) is 17.0. The summed E-state index contributed by atoms with van der Waals surface area (Å²) in [7, 11) is -3.27. The first-order valence-electron chi connectivity index (χ1n) is 9.09. The second kappa shape index (κ2) is 7.95. The van der Waals surface area contributed by atoms with Gasteiger partial charge in [0.15, 0.2) is 0 Å². The summed E-state index contributed by atoms with van der Waals surface area (Å²) < 4.78 is 29.1. The lowest BCUT2D eigenvalue weighted by atomic mass is 10.1. The molecule has 0 spiro atoms. The summed E-state index contributed by atoms with van der Waals surface area (Å²) in [6, 6.07) is 8.55. The van der Waals surface area contributed by atoms with Crippen LogP contribution < -0.4 is 0 Å². The summed E-state index contributed by atoms with van der Waals surface area (Å²) in [4.78, 5) is 2.35. The standard InChI is InChI=1S/C18H29N3O2S/c1-17-7-6-8-18(15-17)16-19-11-13-21(14-12-19)24(22,23)20-9-4-2-3-5-10-20/h6-8,15H,2-5,9-14,16H2,1H3. The van der Waals surface area contributed by atoms with E-state index in [1.807, 2.05) is 0 Å². The summed E-state index contributed by atoms with van der Waals surface area (Å²) >= 11 is 0. The molecule has 2 fully saturated rings. The fourth-order valence-corrected chi connectivity index (χ4v) is 5.29. The highest BCUT2D eigenvalue weighted by Gasteiger charge is 2.32. The lowest BCUT2D eigenvalue weighted by Gasteiger charge is -2.36. The summed E-state index contributed by atoms with van der Waals surface area (Å²) in [6.45, 7) is 7.20. The zero-order valence-electron chi connectivity index (χ0n) is 14.7. The number of aryl methyl sites for hydroxylation is 1. The SMILES string of the molecule is Cc1cccc(CN2CCN(S(=O)(=O)N3CCCCCC3)CC2)c1. The van der Waals surface area contributed by atoms with Crippen LogP contribution in [0.2, 0.25) is 0 Å². The first-order chi connectivity index (χ1) is 11.6. The van der Waals surface area contributed by atoms with Crippen LogP contribution in [-0.2, 0) is 16.8 Å². The summed E-state index contributed by atoms with van der Waals surface area (Å²) in [6.07, 6.45) is 4.28. The van der Waals surface area contributed by atoms with Crippen LogP contribution in [0, 0.1) is 6.92 Å². The van der Waals surface area contributed by atoms with Crippen LogP contribution in [0.3, 0.4) is 0 Å². The van der Waals surface area contributed by atoms with E-state index in [0.29, 0.717) is 26.2 Å². The van der Waals surface area contributed by atoms with Crippen molar-refractivity contribution in [3.63, 3.8) is 0 Å². The van der Waals surface area contributed by atoms with Gasteiger partial charge in [-0.05, 0) is 25.3 Å². The van der Waals surface area contributed by atoms with E-state index in [0.717, 1.165) is 45.3 Å². The minimum atomic E-state index is -3.27. The second-order valence-electron chi connectivity index (χ2n) is 6.99. The smallest absolute Gasteiger partial charge is 0.282 e. The van der Waals surface area contributed by atoms with Gasteiger partial charge in [-0.15, -0.1) is 0 Å². The van der Waals surface area contributed by atoms with Crippen molar-refractivity contribution >= 4 is 10.2 Å². The first kappa shape index (κ1) is 17.9. The maximum absolute atomic E-state index is 12.8. The Bertz CT molecular complexity index is 631. The maximum Gasteiger partial charge on any atom is 0.282 e. The molecule has 0 bridgehead atoms. The molecule has 0 saturated carbocycles. The molecule has 3 rings (SSSR count). The van der Waals surface area contributed by atoms with Crippen LogP contribution in [-0.4, -0.2) is 61.2 Å². The van der Waals surface area contributed by atoms with E-state index < -0.39 is 10.2 Å². The molecular formula is C18H29N3O2S. The summed E-state index contributed by atoms with van der Waals surface area (Å²) in [5, 5.41) is 0. The molecule has 0 aliphatic carbocycles. The Morgan fingerprint density at radius 3 is 2.12 bits per heavy atom. The normalized spacial score (nSPS) is 22.4. The van der Waals surface area contributed by atoms with Gasteiger partial charge in [-0.3, -0.25) is 4.90 Å². The molecule has 2 saturated heterocycles. The highest BCUT2D eigenvalue weighted by molar-refractivity contribution is 7.86. The number of benzene rings is 1. The quantitative estimate of drug-likeness (QED) is 0.836. The van der Waals surface area contributed by atoms with Gasteiger partial charge < -0.3 is 0 Å². The molecule has 0 aromatic heterocycles. The lowest BCUT2D eigenvalue weighted by molar-refractivity contribution is 0.175. The molecule has 2 aliphatic rings. The molecule has 2 heterocycles. The van der Waals surface area contributed by atoms with E-state index in [4.69, 9.17) is 0 Å². The van der Waals surface area contributed by atoms with E-state index in [9.17, 15) is 8.42 Å². The fraction of sp³-hybridized carbons (Fsp3) is 0.667. The zero-order valence-corrected chi connectivity index (χ0v) is 15.5. The predicted octanol–water partition coefficient (Wildman–Crippen LogP) is 2.23. The third kappa shape index (κ3) is 4.36. The van der Waals surface area contributed by atoms with Gasteiger partial charge in [-0.25, -0.2) is 0 Å². The van der Waals surface area contributed by atoms with Crippen molar-refractivity contribution in [1.82, 2.24) is 13.5 Å². The van der Waals surface area contributed by atoms with Gasteiger partial charge in [0, 0.05) is 45.8 Å². The van der Waals surface area contributed by atoms with Crippen LogP contribution >= 0.6 is 0 Å². The van der Waals surface area contributed by atoms with E-state index in [-0.39, 0.29) is 0 Å². The summed E-state index contributed by atoms with van der Waals surface area (Å²) in [5.41, 5.74) is 2.58. The lowest BCUT2D eigenvalue weighted by Crippen LogP contribution is -2.52. The molecule has 24 heavy (non-hydrogen) atoms. The molecule has 0 unspecified atom stereocenters. The van der Waals surface area contributed by atoms with Crippen LogP contribution in [0.25, 0.3) is 0 Å².